The summed E-state index contributed by atoms with van der Waals surface area (Å²) in [6.45, 7) is -0.681. The lowest BCUT2D eigenvalue weighted by Gasteiger charge is -2.13. The van der Waals surface area contributed by atoms with Crippen molar-refractivity contribution in [2.45, 2.75) is 6.18 Å². The molecule has 0 fully saturated rings. The van der Waals surface area contributed by atoms with Gasteiger partial charge in [0, 0.05) is 0 Å². The van der Waals surface area contributed by atoms with Crippen molar-refractivity contribution in [3.05, 3.63) is 65.7 Å². The minimum Gasteiger partial charge on any atom is -0.452 e. The number of carbonyl (C=O) groups is 2. The molecular formula is C16H12F3NO3. The first kappa shape index (κ1) is 16.5. The zero-order valence-electron chi connectivity index (χ0n) is 11.8. The van der Waals surface area contributed by atoms with E-state index in [0.29, 0.717) is 0 Å². The molecule has 0 aromatic heterocycles. The van der Waals surface area contributed by atoms with E-state index in [1.807, 2.05) is 0 Å². The minimum absolute atomic E-state index is 0.246. The molecule has 1 amide bonds. The van der Waals surface area contributed by atoms with Crippen LogP contribution in [0.15, 0.2) is 54.6 Å². The monoisotopic (exact) mass is 323 g/mol. The summed E-state index contributed by atoms with van der Waals surface area (Å²) in [5.74, 6) is -1.59. The highest BCUT2D eigenvalue weighted by Gasteiger charge is 2.33. The summed E-state index contributed by atoms with van der Waals surface area (Å²) in [5, 5.41) is 2.09. The topological polar surface area (TPSA) is 55.4 Å². The predicted octanol–water partition coefficient (Wildman–Crippen LogP) is 3.50. The van der Waals surface area contributed by atoms with Gasteiger partial charge >= 0.3 is 12.1 Å². The molecule has 0 atom stereocenters. The fraction of sp³-hybridized carbons (Fsp3) is 0.125. The first-order valence-electron chi connectivity index (χ1n) is 6.56. The van der Waals surface area contributed by atoms with E-state index in [-0.39, 0.29) is 11.3 Å². The van der Waals surface area contributed by atoms with Crippen LogP contribution in [0.4, 0.5) is 18.9 Å². The summed E-state index contributed by atoms with van der Waals surface area (Å²) in [5.41, 5.74) is -1.11. The van der Waals surface area contributed by atoms with E-state index in [2.05, 4.69) is 5.32 Å². The number of amides is 1. The van der Waals surface area contributed by atoms with Crippen LogP contribution in [0.5, 0.6) is 0 Å². The second-order valence-corrected chi connectivity index (χ2v) is 4.53. The van der Waals surface area contributed by atoms with Gasteiger partial charge in [-0.2, -0.15) is 13.2 Å². The van der Waals surface area contributed by atoms with Gasteiger partial charge in [0.15, 0.2) is 6.61 Å². The van der Waals surface area contributed by atoms with Gasteiger partial charge in [0.05, 0.1) is 16.8 Å². The Bertz CT molecular complexity index is 699. The van der Waals surface area contributed by atoms with Crippen LogP contribution in [0, 0.1) is 0 Å². The molecule has 23 heavy (non-hydrogen) atoms. The van der Waals surface area contributed by atoms with E-state index >= 15 is 0 Å². The molecule has 1 N–H and O–H groups in total. The van der Waals surface area contributed by atoms with E-state index in [9.17, 15) is 22.8 Å². The number of hydrogen-bond acceptors (Lipinski definition) is 3. The third kappa shape index (κ3) is 4.57. The number of anilines is 1. The molecule has 4 nitrogen and oxygen atoms in total. The third-order valence-corrected chi connectivity index (χ3v) is 2.85. The maximum atomic E-state index is 12.8. The maximum Gasteiger partial charge on any atom is 0.418 e. The van der Waals surface area contributed by atoms with Crippen molar-refractivity contribution in [3.63, 3.8) is 0 Å². The van der Waals surface area contributed by atoms with Crippen molar-refractivity contribution >= 4 is 17.6 Å². The van der Waals surface area contributed by atoms with Crippen molar-refractivity contribution in [3.8, 4) is 0 Å². The van der Waals surface area contributed by atoms with E-state index in [1.165, 1.54) is 24.3 Å². The van der Waals surface area contributed by atoms with Crippen LogP contribution in [-0.2, 0) is 15.7 Å². The van der Waals surface area contributed by atoms with Gasteiger partial charge in [-0.3, -0.25) is 4.79 Å². The number of halogens is 3. The Morgan fingerprint density at radius 2 is 1.57 bits per heavy atom. The molecule has 0 radical (unpaired) electrons. The van der Waals surface area contributed by atoms with Crippen molar-refractivity contribution in [2.24, 2.45) is 0 Å². The Labute approximate surface area is 129 Å². The fourth-order valence-corrected chi connectivity index (χ4v) is 1.81. The van der Waals surface area contributed by atoms with Crippen LogP contribution in [0.25, 0.3) is 0 Å². The summed E-state index contributed by atoms with van der Waals surface area (Å²) >= 11 is 0. The smallest absolute Gasteiger partial charge is 0.418 e. The standard InChI is InChI=1S/C16H12F3NO3/c17-16(18,19)12-8-4-5-9-13(12)20-14(21)10-23-15(22)11-6-2-1-3-7-11/h1-9H,10H2,(H,20,21). The van der Waals surface area contributed by atoms with Crippen molar-refractivity contribution in [2.75, 3.05) is 11.9 Å². The lowest BCUT2D eigenvalue weighted by molar-refractivity contribution is -0.137. The van der Waals surface area contributed by atoms with E-state index in [1.54, 1.807) is 18.2 Å². The van der Waals surface area contributed by atoms with Gasteiger partial charge < -0.3 is 10.1 Å². The van der Waals surface area contributed by atoms with Crippen molar-refractivity contribution in [1.82, 2.24) is 0 Å². The molecule has 0 spiro atoms. The largest absolute Gasteiger partial charge is 0.452 e. The summed E-state index contributed by atoms with van der Waals surface area (Å²) in [6, 6.07) is 12.5. The van der Waals surface area contributed by atoms with E-state index in [0.717, 1.165) is 12.1 Å². The number of alkyl halides is 3. The number of rotatable bonds is 4. The number of para-hydroxylation sites is 1. The van der Waals surface area contributed by atoms with Crippen LogP contribution in [0.2, 0.25) is 0 Å². The SMILES string of the molecule is O=C(COC(=O)c1ccccc1)Nc1ccccc1C(F)(F)F. The minimum atomic E-state index is -4.59. The van der Waals surface area contributed by atoms with Crippen LogP contribution in [0.3, 0.4) is 0 Å². The normalized spacial score (nSPS) is 10.9. The number of carbonyl (C=O) groups excluding carboxylic acids is 2. The van der Waals surface area contributed by atoms with Crippen molar-refractivity contribution in [1.29, 1.82) is 0 Å². The number of nitrogens with one attached hydrogen (secondary N) is 1. The highest BCUT2D eigenvalue weighted by molar-refractivity contribution is 5.95. The maximum absolute atomic E-state index is 12.8. The number of esters is 1. The zero-order valence-corrected chi connectivity index (χ0v) is 11.8. The average Bonchev–Trinajstić information content (AvgIpc) is 2.53. The lowest BCUT2D eigenvalue weighted by Crippen LogP contribution is -2.22. The molecule has 7 heteroatoms. The Morgan fingerprint density at radius 1 is 0.957 bits per heavy atom. The van der Waals surface area contributed by atoms with Gasteiger partial charge in [0.2, 0.25) is 0 Å². The number of hydrogen-bond donors (Lipinski definition) is 1. The molecule has 2 aromatic rings. The first-order chi connectivity index (χ1) is 10.9. The molecule has 0 saturated carbocycles. The van der Waals surface area contributed by atoms with Gasteiger partial charge in [0.25, 0.3) is 5.91 Å². The molecular weight excluding hydrogens is 311 g/mol. The highest BCUT2D eigenvalue weighted by Crippen LogP contribution is 2.34. The second-order valence-electron chi connectivity index (χ2n) is 4.53. The second kappa shape index (κ2) is 6.95. The van der Waals surface area contributed by atoms with Crippen LogP contribution < -0.4 is 5.32 Å². The first-order valence-corrected chi connectivity index (χ1v) is 6.56. The summed E-state index contributed by atoms with van der Waals surface area (Å²) < 4.78 is 43.1. The Kier molecular flexibility index (Phi) is 5.00. The number of ether oxygens (including phenoxy) is 1. The third-order valence-electron chi connectivity index (χ3n) is 2.85. The Balaban J connectivity index is 1.97. The van der Waals surface area contributed by atoms with Crippen molar-refractivity contribution < 1.29 is 27.5 Å². The molecule has 0 aliphatic rings. The van der Waals surface area contributed by atoms with E-state index < -0.39 is 30.2 Å². The number of benzene rings is 2. The summed E-state index contributed by atoms with van der Waals surface area (Å²) in [4.78, 5) is 23.3. The van der Waals surface area contributed by atoms with Gasteiger partial charge in [-0.05, 0) is 24.3 Å². The molecule has 0 saturated heterocycles. The summed E-state index contributed by atoms with van der Waals surface area (Å²) in [7, 11) is 0. The molecule has 0 bridgehead atoms. The molecule has 0 aliphatic heterocycles. The molecule has 0 heterocycles. The lowest BCUT2D eigenvalue weighted by atomic mass is 10.1. The van der Waals surface area contributed by atoms with Gasteiger partial charge in [-0.15, -0.1) is 0 Å². The van der Waals surface area contributed by atoms with Gasteiger partial charge in [-0.1, -0.05) is 30.3 Å². The quantitative estimate of drug-likeness (QED) is 0.876. The Hall–Kier alpha value is -2.83. The van der Waals surface area contributed by atoms with Crippen LogP contribution >= 0.6 is 0 Å². The molecule has 120 valence electrons. The van der Waals surface area contributed by atoms with Crippen LogP contribution in [0.1, 0.15) is 15.9 Å². The molecule has 2 rings (SSSR count). The van der Waals surface area contributed by atoms with Gasteiger partial charge in [-0.25, -0.2) is 4.79 Å². The van der Waals surface area contributed by atoms with Crippen LogP contribution in [-0.4, -0.2) is 18.5 Å². The van der Waals surface area contributed by atoms with Gasteiger partial charge in [0.1, 0.15) is 0 Å². The predicted molar refractivity (Wildman–Crippen MR) is 76.8 cm³/mol. The molecule has 0 unspecified atom stereocenters. The van der Waals surface area contributed by atoms with E-state index in [4.69, 9.17) is 4.74 Å². The zero-order chi connectivity index (χ0) is 16.9. The Morgan fingerprint density at radius 3 is 2.22 bits per heavy atom. The summed E-state index contributed by atoms with van der Waals surface area (Å²) in [6.07, 6.45) is -4.59. The molecule has 0 aliphatic carbocycles. The molecule has 2 aromatic carbocycles. The highest BCUT2D eigenvalue weighted by atomic mass is 19.4. The average molecular weight is 323 g/mol. The fourth-order valence-electron chi connectivity index (χ4n) is 1.81.